The van der Waals surface area contributed by atoms with Gasteiger partial charge in [0, 0.05) is 17.9 Å². The van der Waals surface area contributed by atoms with Crippen LogP contribution in [-0.2, 0) is 10.0 Å². The summed E-state index contributed by atoms with van der Waals surface area (Å²) in [6, 6.07) is 2.23. The molecule has 2 atom stereocenters. The third kappa shape index (κ3) is 3.04. The van der Waals surface area contributed by atoms with Gasteiger partial charge in [0.05, 0.1) is 0 Å². The van der Waals surface area contributed by atoms with E-state index in [-0.39, 0.29) is 10.9 Å². The van der Waals surface area contributed by atoms with E-state index in [1.54, 1.807) is 0 Å². The molecule has 2 unspecified atom stereocenters. The van der Waals surface area contributed by atoms with E-state index in [9.17, 15) is 17.2 Å². The molecule has 0 amide bonds. The highest BCUT2D eigenvalue weighted by atomic mass is 79.9. The van der Waals surface area contributed by atoms with Crippen molar-refractivity contribution in [2.45, 2.75) is 41.4 Å². The number of alkyl halides is 1. The van der Waals surface area contributed by atoms with Crippen molar-refractivity contribution < 1.29 is 17.2 Å². The fourth-order valence-electron chi connectivity index (χ4n) is 2.48. The first-order valence-corrected chi connectivity index (χ1v) is 8.77. The molecule has 112 valence electrons. The molecule has 1 fully saturated rings. The summed E-state index contributed by atoms with van der Waals surface area (Å²) in [5.74, 6) is -1.70. The minimum atomic E-state index is -4.04. The molecule has 1 aromatic carbocycles. The van der Waals surface area contributed by atoms with Crippen molar-refractivity contribution in [3.63, 3.8) is 0 Å². The van der Waals surface area contributed by atoms with Gasteiger partial charge in [-0.1, -0.05) is 28.8 Å². The van der Waals surface area contributed by atoms with Crippen molar-refractivity contribution in [1.29, 1.82) is 0 Å². The molecule has 0 N–H and O–H groups in total. The van der Waals surface area contributed by atoms with Crippen LogP contribution in [0.2, 0.25) is 0 Å². The van der Waals surface area contributed by atoms with Crippen LogP contribution in [0.15, 0.2) is 23.1 Å². The Balaban J connectivity index is 2.36. The molecule has 0 heterocycles. The number of sulfonamides is 1. The number of benzene rings is 1. The van der Waals surface area contributed by atoms with Crippen LogP contribution >= 0.6 is 15.9 Å². The lowest BCUT2D eigenvalue weighted by molar-refractivity contribution is 0.296. The first kappa shape index (κ1) is 15.9. The van der Waals surface area contributed by atoms with Crippen molar-refractivity contribution >= 4 is 26.0 Å². The molecule has 0 aliphatic heterocycles. The molecule has 0 bridgehead atoms. The van der Waals surface area contributed by atoms with Crippen LogP contribution in [-0.4, -0.2) is 30.6 Å². The maximum absolute atomic E-state index is 13.7. The number of nitrogens with zero attached hydrogens (tertiary/aromatic N) is 1. The largest absolute Gasteiger partial charge is 0.246 e. The van der Waals surface area contributed by atoms with E-state index < -0.39 is 26.6 Å². The smallest absolute Gasteiger partial charge is 0.207 e. The molecule has 0 radical (unpaired) electrons. The monoisotopic (exact) mass is 367 g/mol. The Labute approximate surface area is 126 Å². The van der Waals surface area contributed by atoms with Gasteiger partial charge in [0.15, 0.2) is 0 Å². The van der Waals surface area contributed by atoms with Crippen LogP contribution in [0.1, 0.15) is 25.7 Å². The predicted molar refractivity (Wildman–Crippen MR) is 76.3 cm³/mol. The Hall–Kier alpha value is -0.530. The molecule has 1 aliphatic carbocycles. The summed E-state index contributed by atoms with van der Waals surface area (Å²) in [5, 5.41) is 0. The molecule has 0 spiro atoms. The van der Waals surface area contributed by atoms with Crippen LogP contribution in [0.5, 0.6) is 0 Å². The van der Waals surface area contributed by atoms with Gasteiger partial charge >= 0.3 is 0 Å². The van der Waals surface area contributed by atoms with Gasteiger partial charge in [0.1, 0.15) is 16.5 Å². The Morgan fingerprint density at radius 3 is 2.55 bits per heavy atom. The second-order valence-corrected chi connectivity index (χ2v) is 8.11. The number of hydrogen-bond acceptors (Lipinski definition) is 2. The van der Waals surface area contributed by atoms with Gasteiger partial charge < -0.3 is 0 Å². The standard InChI is InChI=1S/C13H16BrF2NO2S/c1-17(12-5-3-2-4-10(12)14)20(18,19)13-8-9(15)6-7-11(13)16/h6-8,10,12H,2-5H2,1H3. The van der Waals surface area contributed by atoms with E-state index in [1.165, 1.54) is 7.05 Å². The molecular weight excluding hydrogens is 352 g/mol. The van der Waals surface area contributed by atoms with Gasteiger partial charge in [0.2, 0.25) is 10.0 Å². The third-order valence-corrected chi connectivity index (χ3v) is 6.63. The second kappa shape index (κ2) is 6.07. The summed E-state index contributed by atoms with van der Waals surface area (Å²) in [6.07, 6.45) is 3.55. The van der Waals surface area contributed by atoms with Gasteiger partial charge in [-0.25, -0.2) is 17.2 Å². The number of halogens is 3. The molecule has 0 saturated heterocycles. The van der Waals surface area contributed by atoms with Crippen LogP contribution < -0.4 is 0 Å². The number of hydrogen-bond donors (Lipinski definition) is 0. The zero-order valence-electron chi connectivity index (χ0n) is 11.0. The van der Waals surface area contributed by atoms with Crippen LogP contribution in [0.3, 0.4) is 0 Å². The van der Waals surface area contributed by atoms with Crippen LogP contribution in [0.25, 0.3) is 0 Å². The van der Waals surface area contributed by atoms with Gasteiger partial charge in [-0.2, -0.15) is 4.31 Å². The van der Waals surface area contributed by atoms with E-state index in [0.717, 1.165) is 41.8 Å². The topological polar surface area (TPSA) is 37.4 Å². The average Bonchev–Trinajstić information content (AvgIpc) is 2.41. The van der Waals surface area contributed by atoms with Crippen molar-refractivity contribution in [1.82, 2.24) is 4.31 Å². The Morgan fingerprint density at radius 2 is 1.90 bits per heavy atom. The number of rotatable bonds is 3. The summed E-state index contributed by atoms with van der Waals surface area (Å²) < 4.78 is 53.0. The van der Waals surface area contributed by atoms with E-state index >= 15 is 0 Å². The van der Waals surface area contributed by atoms with Gasteiger partial charge in [-0.3, -0.25) is 0 Å². The molecule has 1 aromatic rings. The van der Waals surface area contributed by atoms with Gasteiger partial charge in [0.25, 0.3) is 0 Å². The van der Waals surface area contributed by atoms with Gasteiger partial charge in [-0.15, -0.1) is 0 Å². The second-order valence-electron chi connectivity index (χ2n) is 4.96. The molecule has 1 aliphatic rings. The molecule has 2 rings (SSSR count). The van der Waals surface area contributed by atoms with Crippen molar-refractivity contribution in [2.75, 3.05) is 7.05 Å². The normalized spacial score (nSPS) is 24.1. The molecule has 1 saturated carbocycles. The Bertz CT molecular complexity index is 594. The van der Waals surface area contributed by atoms with Crippen molar-refractivity contribution in [3.8, 4) is 0 Å². The summed E-state index contributed by atoms with van der Waals surface area (Å²) in [7, 11) is -2.62. The fraction of sp³-hybridized carbons (Fsp3) is 0.538. The highest BCUT2D eigenvalue weighted by Gasteiger charge is 2.35. The minimum absolute atomic E-state index is 0.0349. The Kier molecular flexibility index (Phi) is 4.81. The predicted octanol–water partition coefficient (Wildman–Crippen LogP) is 3.29. The summed E-state index contributed by atoms with van der Waals surface area (Å²) in [6.45, 7) is 0. The first-order chi connectivity index (χ1) is 9.34. The molecule has 20 heavy (non-hydrogen) atoms. The van der Waals surface area contributed by atoms with Crippen LogP contribution in [0, 0.1) is 11.6 Å². The van der Waals surface area contributed by atoms with E-state index in [0.29, 0.717) is 6.42 Å². The highest BCUT2D eigenvalue weighted by molar-refractivity contribution is 9.09. The fourth-order valence-corrected chi connectivity index (χ4v) is 5.08. The lowest BCUT2D eigenvalue weighted by atomic mass is 9.96. The first-order valence-electron chi connectivity index (χ1n) is 6.41. The maximum Gasteiger partial charge on any atom is 0.246 e. The van der Waals surface area contributed by atoms with E-state index in [4.69, 9.17) is 0 Å². The quantitative estimate of drug-likeness (QED) is 0.768. The van der Waals surface area contributed by atoms with Crippen molar-refractivity contribution in [2.24, 2.45) is 0 Å². The van der Waals surface area contributed by atoms with E-state index in [1.807, 2.05) is 0 Å². The summed E-state index contributed by atoms with van der Waals surface area (Å²) in [4.78, 5) is -0.571. The average molecular weight is 368 g/mol. The summed E-state index contributed by atoms with van der Waals surface area (Å²) >= 11 is 3.48. The molecular formula is C13H16BrF2NO2S. The minimum Gasteiger partial charge on any atom is -0.207 e. The highest BCUT2D eigenvalue weighted by Crippen LogP contribution is 2.31. The zero-order valence-corrected chi connectivity index (χ0v) is 13.4. The van der Waals surface area contributed by atoms with Crippen LogP contribution in [0.4, 0.5) is 8.78 Å². The molecule has 0 aromatic heterocycles. The zero-order chi connectivity index (χ0) is 14.9. The Morgan fingerprint density at radius 1 is 1.25 bits per heavy atom. The van der Waals surface area contributed by atoms with Crippen molar-refractivity contribution in [3.05, 3.63) is 29.8 Å². The van der Waals surface area contributed by atoms with E-state index in [2.05, 4.69) is 15.9 Å². The maximum atomic E-state index is 13.7. The summed E-state index contributed by atoms with van der Waals surface area (Å²) in [5.41, 5.74) is 0. The molecule has 7 heteroatoms. The SMILES string of the molecule is CN(C1CCCCC1Br)S(=O)(=O)c1cc(F)ccc1F. The van der Waals surface area contributed by atoms with Gasteiger partial charge in [-0.05, 0) is 31.0 Å². The lowest BCUT2D eigenvalue weighted by Gasteiger charge is -2.34. The third-order valence-electron chi connectivity index (χ3n) is 3.66. The molecule has 3 nitrogen and oxygen atoms in total. The lowest BCUT2D eigenvalue weighted by Crippen LogP contribution is -2.44.